The lowest BCUT2D eigenvalue weighted by Crippen LogP contribution is -2.29. The van der Waals surface area contributed by atoms with Crippen LogP contribution in [0.25, 0.3) is 0 Å². The van der Waals surface area contributed by atoms with Gasteiger partial charge in [0.15, 0.2) is 0 Å². The molecule has 0 radical (unpaired) electrons. The number of likely N-dealkylation sites (N-methyl/N-ethyl adjacent to an activating group) is 1. The summed E-state index contributed by atoms with van der Waals surface area (Å²) in [5, 5.41) is 4.23. The third-order valence-corrected chi connectivity index (χ3v) is 4.44. The SMILES string of the molecule is CNC(Cc1cc(Cl)ccc1OC)CC1CCCC1. The maximum Gasteiger partial charge on any atom is 0.122 e. The lowest BCUT2D eigenvalue weighted by molar-refractivity contribution is 0.385. The molecule has 0 amide bonds. The molecule has 2 rings (SSSR count). The zero-order chi connectivity index (χ0) is 13.7. The highest BCUT2D eigenvalue weighted by atomic mass is 35.5. The van der Waals surface area contributed by atoms with Crippen molar-refractivity contribution in [1.82, 2.24) is 5.32 Å². The molecular formula is C16H24ClNO. The Morgan fingerprint density at radius 2 is 2.11 bits per heavy atom. The van der Waals surface area contributed by atoms with Crippen LogP contribution in [0, 0.1) is 5.92 Å². The average Bonchev–Trinajstić information content (AvgIpc) is 2.91. The highest BCUT2D eigenvalue weighted by Crippen LogP contribution is 2.30. The van der Waals surface area contributed by atoms with Gasteiger partial charge < -0.3 is 10.1 Å². The van der Waals surface area contributed by atoms with Crippen LogP contribution < -0.4 is 10.1 Å². The fourth-order valence-corrected chi connectivity index (χ4v) is 3.32. The van der Waals surface area contributed by atoms with Crippen LogP contribution in [0.5, 0.6) is 5.75 Å². The molecule has 106 valence electrons. The standard InChI is InChI=1S/C16H24ClNO/c1-18-15(9-12-5-3-4-6-12)11-13-10-14(17)7-8-16(13)19-2/h7-8,10,12,15,18H,3-6,9,11H2,1-2H3. The summed E-state index contributed by atoms with van der Waals surface area (Å²) in [6, 6.07) is 6.38. The first-order valence-electron chi connectivity index (χ1n) is 7.22. The fraction of sp³-hybridized carbons (Fsp3) is 0.625. The molecule has 2 nitrogen and oxygen atoms in total. The van der Waals surface area contributed by atoms with Crippen molar-refractivity contribution in [1.29, 1.82) is 0 Å². The average molecular weight is 282 g/mol. The molecule has 1 aliphatic rings. The summed E-state index contributed by atoms with van der Waals surface area (Å²) in [6.45, 7) is 0. The number of rotatable bonds is 6. The van der Waals surface area contributed by atoms with Gasteiger partial charge in [0.2, 0.25) is 0 Å². The molecule has 1 aromatic carbocycles. The van der Waals surface area contributed by atoms with Gasteiger partial charge in [-0.15, -0.1) is 0 Å². The van der Waals surface area contributed by atoms with Crippen molar-refractivity contribution in [2.45, 2.75) is 44.6 Å². The monoisotopic (exact) mass is 281 g/mol. The van der Waals surface area contributed by atoms with Crippen molar-refractivity contribution < 1.29 is 4.74 Å². The Bertz CT molecular complexity index is 402. The molecule has 0 aromatic heterocycles. The van der Waals surface area contributed by atoms with Gasteiger partial charge in [0.1, 0.15) is 5.75 Å². The lowest BCUT2D eigenvalue weighted by Gasteiger charge is -2.21. The second-order valence-electron chi connectivity index (χ2n) is 5.53. The quantitative estimate of drug-likeness (QED) is 0.849. The van der Waals surface area contributed by atoms with Crippen LogP contribution in [-0.4, -0.2) is 20.2 Å². The Balaban J connectivity index is 2.02. The molecule has 0 saturated heterocycles. The predicted molar refractivity (Wildman–Crippen MR) is 81.1 cm³/mol. The summed E-state index contributed by atoms with van der Waals surface area (Å²) >= 11 is 6.09. The Morgan fingerprint density at radius 1 is 1.37 bits per heavy atom. The van der Waals surface area contributed by atoms with E-state index in [0.717, 1.165) is 23.1 Å². The van der Waals surface area contributed by atoms with Crippen molar-refractivity contribution in [3.8, 4) is 5.75 Å². The Hall–Kier alpha value is -0.730. The first kappa shape index (κ1) is 14.7. The van der Waals surface area contributed by atoms with Crippen molar-refractivity contribution in [2.75, 3.05) is 14.2 Å². The first-order valence-corrected chi connectivity index (χ1v) is 7.60. The third-order valence-electron chi connectivity index (χ3n) is 4.21. The molecule has 1 unspecified atom stereocenters. The minimum absolute atomic E-state index is 0.510. The Morgan fingerprint density at radius 3 is 2.74 bits per heavy atom. The molecule has 19 heavy (non-hydrogen) atoms. The van der Waals surface area contributed by atoms with Crippen LogP contribution in [-0.2, 0) is 6.42 Å². The summed E-state index contributed by atoms with van der Waals surface area (Å²) in [5.41, 5.74) is 1.20. The zero-order valence-electron chi connectivity index (χ0n) is 11.9. The summed E-state index contributed by atoms with van der Waals surface area (Å²) < 4.78 is 5.43. The molecular weight excluding hydrogens is 258 g/mol. The third kappa shape index (κ3) is 4.12. The number of nitrogens with one attached hydrogen (secondary N) is 1. The topological polar surface area (TPSA) is 21.3 Å². The molecule has 1 fully saturated rings. The predicted octanol–water partition coefficient (Wildman–Crippen LogP) is 4.06. The van der Waals surface area contributed by atoms with E-state index in [9.17, 15) is 0 Å². The van der Waals surface area contributed by atoms with Gasteiger partial charge >= 0.3 is 0 Å². The minimum Gasteiger partial charge on any atom is -0.496 e. The number of methoxy groups -OCH3 is 1. The highest BCUT2D eigenvalue weighted by Gasteiger charge is 2.20. The van der Waals surface area contributed by atoms with Crippen LogP contribution in [0.3, 0.4) is 0 Å². The Kier molecular flexibility index (Phi) is 5.53. The van der Waals surface area contributed by atoms with E-state index in [1.165, 1.54) is 37.7 Å². The van der Waals surface area contributed by atoms with Crippen molar-refractivity contribution >= 4 is 11.6 Å². The van der Waals surface area contributed by atoms with E-state index in [2.05, 4.69) is 12.4 Å². The molecule has 1 N–H and O–H groups in total. The normalized spacial score (nSPS) is 17.6. The molecule has 1 saturated carbocycles. The molecule has 0 heterocycles. The van der Waals surface area contributed by atoms with Gasteiger partial charge in [0.25, 0.3) is 0 Å². The summed E-state index contributed by atoms with van der Waals surface area (Å²) in [7, 11) is 3.77. The number of hydrogen-bond donors (Lipinski definition) is 1. The number of halogens is 1. The van der Waals surface area contributed by atoms with E-state index < -0.39 is 0 Å². The second kappa shape index (κ2) is 7.16. The van der Waals surface area contributed by atoms with Gasteiger partial charge in [-0.05, 0) is 49.6 Å². The van der Waals surface area contributed by atoms with Crippen LogP contribution in [0.1, 0.15) is 37.7 Å². The molecule has 1 aliphatic carbocycles. The van der Waals surface area contributed by atoms with E-state index in [1.807, 2.05) is 18.2 Å². The number of hydrogen-bond acceptors (Lipinski definition) is 2. The maximum absolute atomic E-state index is 6.09. The Labute approximate surface area is 121 Å². The molecule has 1 atom stereocenters. The molecule has 3 heteroatoms. The summed E-state index contributed by atoms with van der Waals surface area (Å²) in [6.07, 6.45) is 7.84. The smallest absolute Gasteiger partial charge is 0.122 e. The molecule has 0 spiro atoms. The van der Waals surface area contributed by atoms with Crippen molar-refractivity contribution in [3.05, 3.63) is 28.8 Å². The largest absolute Gasteiger partial charge is 0.496 e. The van der Waals surface area contributed by atoms with E-state index in [1.54, 1.807) is 7.11 Å². The molecule has 0 bridgehead atoms. The van der Waals surface area contributed by atoms with Crippen molar-refractivity contribution in [3.63, 3.8) is 0 Å². The van der Waals surface area contributed by atoms with Crippen LogP contribution in [0.15, 0.2) is 18.2 Å². The first-order chi connectivity index (χ1) is 9.22. The zero-order valence-corrected chi connectivity index (χ0v) is 12.7. The molecule has 1 aromatic rings. The fourth-order valence-electron chi connectivity index (χ4n) is 3.12. The van der Waals surface area contributed by atoms with E-state index in [0.29, 0.717) is 6.04 Å². The number of ether oxygens (including phenoxy) is 1. The van der Waals surface area contributed by atoms with Gasteiger partial charge in [-0.2, -0.15) is 0 Å². The second-order valence-corrected chi connectivity index (χ2v) is 5.97. The lowest BCUT2D eigenvalue weighted by atomic mass is 9.94. The highest BCUT2D eigenvalue weighted by molar-refractivity contribution is 6.30. The summed E-state index contributed by atoms with van der Waals surface area (Å²) in [4.78, 5) is 0. The minimum atomic E-state index is 0.510. The van der Waals surface area contributed by atoms with Gasteiger partial charge in [-0.1, -0.05) is 37.3 Å². The number of benzene rings is 1. The van der Waals surface area contributed by atoms with Gasteiger partial charge in [0, 0.05) is 11.1 Å². The van der Waals surface area contributed by atoms with Gasteiger partial charge in [0.05, 0.1) is 7.11 Å². The van der Waals surface area contributed by atoms with Crippen molar-refractivity contribution in [2.24, 2.45) is 5.92 Å². The van der Waals surface area contributed by atoms with E-state index >= 15 is 0 Å². The van der Waals surface area contributed by atoms with E-state index in [-0.39, 0.29) is 0 Å². The van der Waals surface area contributed by atoms with Crippen LogP contribution in [0.2, 0.25) is 5.02 Å². The van der Waals surface area contributed by atoms with Crippen LogP contribution >= 0.6 is 11.6 Å². The summed E-state index contributed by atoms with van der Waals surface area (Å²) in [5.74, 6) is 1.83. The van der Waals surface area contributed by atoms with E-state index in [4.69, 9.17) is 16.3 Å². The van der Waals surface area contributed by atoms with Gasteiger partial charge in [-0.25, -0.2) is 0 Å². The van der Waals surface area contributed by atoms with Crippen LogP contribution in [0.4, 0.5) is 0 Å². The molecule has 0 aliphatic heterocycles. The van der Waals surface area contributed by atoms with Gasteiger partial charge in [-0.3, -0.25) is 0 Å². The maximum atomic E-state index is 6.09.